The normalized spacial score (nSPS) is 19.2. The number of aromatic nitrogens is 2. The van der Waals surface area contributed by atoms with Crippen LogP contribution in [0.2, 0.25) is 10.0 Å². The molecule has 1 aliphatic carbocycles. The molecule has 0 bridgehead atoms. The fourth-order valence-corrected chi connectivity index (χ4v) is 5.29. The van der Waals surface area contributed by atoms with Crippen molar-refractivity contribution in [2.45, 2.75) is 31.3 Å². The molecular weight excluding hydrogens is 517 g/mol. The molecule has 3 atom stereocenters. The number of hydrogen-bond acceptors (Lipinski definition) is 7. The van der Waals surface area contributed by atoms with Gasteiger partial charge in [-0.2, -0.15) is 0 Å². The van der Waals surface area contributed by atoms with Crippen molar-refractivity contribution in [3.63, 3.8) is 0 Å². The number of ether oxygens (including phenoxy) is 2. The molecule has 3 unspecified atom stereocenters. The maximum absolute atomic E-state index is 11.9. The molecule has 0 aliphatic heterocycles. The smallest absolute Gasteiger partial charge is 0.243 e. The van der Waals surface area contributed by atoms with Crippen LogP contribution in [0.1, 0.15) is 19.3 Å². The largest absolute Gasteiger partial charge is 0.495 e. The quantitative estimate of drug-likeness (QED) is 0.360. The highest BCUT2D eigenvalue weighted by Gasteiger charge is 2.34. The van der Waals surface area contributed by atoms with Crippen LogP contribution in [0.4, 0.5) is 5.95 Å². The molecular formula is C26H27Cl2N5O4. The molecule has 194 valence electrons. The first-order valence-corrected chi connectivity index (χ1v) is 12.4. The Morgan fingerprint density at radius 3 is 2.43 bits per heavy atom. The first kappa shape index (κ1) is 26.5. The van der Waals surface area contributed by atoms with Gasteiger partial charge in [-0.25, -0.2) is 9.97 Å². The van der Waals surface area contributed by atoms with Crippen LogP contribution in [0.3, 0.4) is 0 Å². The fraction of sp³-hybridized carbons (Fsp3) is 0.308. The van der Waals surface area contributed by atoms with Crippen LogP contribution in [0.25, 0.3) is 22.0 Å². The second kappa shape index (κ2) is 11.2. The number of nitrogens with two attached hydrogens (primary N) is 1. The monoisotopic (exact) mass is 543 g/mol. The lowest BCUT2D eigenvalue weighted by Gasteiger charge is -2.35. The van der Waals surface area contributed by atoms with Gasteiger partial charge in [-0.05, 0) is 43.0 Å². The zero-order chi connectivity index (χ0) is 26.7. The number of carbonyl (C=O) groups is 2. The molecule has 4 rings (SSSR count). The van der Waals surface area contributed by atoms with Gasteiger partial charge in [0.15, 0.2) is 0 Å². The zero-order valence-electron chi connectivity index (χ0n) is 20.4. The zero-order valence-corrected chi connectivity index (χ0v) is 21.9. The van der Waals surface area contributed by atoms with Crippen molar-refractivity contribution in [2.24, 2.45) is 11.7 Å². The van der Waals surface area contributed by atoms with Crippen molar-refractivity contribution < 1.29 is 19.1 Å². The van der Waals surface area contributed by atoms with E-state index in [1.54, 1.807) is 12.3 Å². The van der Waals surface area contributed by atoms with Gasteiger partial charge in [0.25, 0.3) is 0 Å². The minimum Gasteiger partial charge on any atom is -0.495 e. The van der Waals surface area contributed by atoms with Crippen LogP contribution in [0.15, 0.2) is 43.1 Å². The summed E-state index contributed by atoms with van der Waals surface area (Å²) in [5.74, 6) is 0.299. The van der Waals surface area contributed by atoms with Gasteiger partial charge in [0.1, 0.15) is 11.5 Å². The molecule has 37 heavy (non-hydrogen) atoms. The standard InChI is InChI=1S/C26H27Cl2N5O4/c1-4-21(34)31-17-8-6-14(25(29)35)10-18(17)33-26-30-12-15-9-13(5-7-16(15)32-26)22-23(27)19(36-2)11-20(37-3)24(22)28/h4-5,7,9,11-12,14,17-18H,1,6,8,10H2,2-3H3,(H2,29,35)(H,31,34)(H,30,32,33). The average Bonchev–Trinajstić information content (AvgIpc) is 2.89. The number of rotatable bonds is 8. The predicted octanol–water partition coefficient (Wildman–Crippen LogP) is 4.36. The van der Waals surface area contributed by atoms with Crippen LogP contribution in [0, 0.1) is 5.92 Å². The number of amides is 2. The number of primary amides is 1. The Morgan fingerprint density at radius 2 is 1.81 bits per heavy atom. The fourth-order valence-electron chi connectivity index (χ4n) is 4.57. The maximum Gasteiger partial charge on any atom is 0.243 e. The summed E-state index contributed by atoms with van der Waals surface area (Å²) < 4.78 is 10.8. The molecule has 0 radical (unpaired) electrons. The highest BCUT2D eigenvalue weighted by molar-refractivity contribution is 6.41. The van der Waals surface area contributed by atoms with E-state index < -0.39 is 0 Å². The number of benzene rings is 2. The Morgan fingerprint density at radius 1 is 1.11 bits per heavy atom. The van der Waals surface area contributed by atoms with E-state index >= 15 is 0 Å². The van der Waals surface area contributed by atoms with Crippen LogP contribution < -0.4 is 25.8 Å². The van der Waals surface area contributed by atoms with E-state index in [9.17, 15) is 9.59 Å². The van der Waals surface area contributed by atoms with E-state index in [1.165, 1.54) is 20.3 Å². The van der Waals surface area contributed by atoms with Gasteiger partial charge in [0, 0.05) is 35.2 Å². The molecule has 0 spiro atoms. The number of hydrogen-bond donors (Lipinski definition) is 3. The van der Waals surface area contributed by atoms with Gasteiger partial charge in [0.05, 0.1) is 35.8 Å². The third-order valence-corrected chi connectivity index (χ3v) is 7.27. The lowest BCUT2D eigenvalue weighted by molar-refractivity contribution is -0.123. The van der Waals surface area contributed by atoms with Gasteiger partial charge in [-0.1, -0.05) is 35.8 Å². The lowest BCUT2D eigenvalue weighted by atomic mass is 9.82. The van der Waals surface area contributed by atoms with Crippen molar-refractivity contribution in [3.05, 3.63) is 53.2 Å². The van der Waals surface area contributed by atoms with E-state index in [0.717, 1.165) is 10.9 Å². The predicted molar refractivity (Wildman–Crippen MR) is 144 cm³/mol. The summed E-state index contributed by atoms with van der Waals surface area (Å²) in [6.07, 6.45) is 4.54. The Hall–Kier alpha value is -3.56. The van der Waals surface area contributed by atoms with E-state index in [0.29, 0.717) is 57.8 Å². The average molecular weight is 544 g/mol. The van der Waals surface area contributed by atoms with Crippen LogP contribution >= 0.6 is 23.2 Å². The van der Waals surface area contributed by atoms with Crippen molar-refractivity contribution in [3.8, 4) is 22.6 Å². The number of nitrogens with one attached hydrogen (secondary N) is 2. The van der Waals surface area contributed by atoms with Gasteiger partial charge in [-0.15, -0.1) is 0 Å². The molecule has 1 aliphatic rings. The molecule has 4 N–H and O–H groups in total. The molecule has 2 aromatic carbocycles. The highest BCUT2D eigenvalue weighted by atomic mass is 35.5. The number of nitrogens with zero attached hydrogens (tertiary/aromatic N) is 2. The lowest BCUT2D eigenvalue weighted by Crippen LogP contribution is -2.51. The number of fused-ring (bicyclic) bond motifs is 1. The second-order valence-electron chi connectivity index (χ2n) is 8.73. The van der Waals surface area contributed by atoms with Crippen LogP contribution in [0.5, 0.6) is 11.5 Å². The number of carbonyl (C=O) groups excluding carboxylic acids is 2. The van der Waals surface area contributed by atoms with E-state index in [1.807, 2.05) is 18.2 Å². The molecule has 1 aromatic heterocycles. The summed E-state index contributed by atoms with van der Waals surface area (Å²) in [6, 6.07) is 6.68. The summed E-state index contributed by atoms with van der Waals surface area (Å²) in [6.45, 7) is 3.51. The first-order chi connectivity index (χ1) is 17.7. The summed E-state index contributed by atoms with van der Waals surface area (Å²) in [4.78, 5) is 32.8. The number of halogens is 2. The molecule has 1 heterocycles. The molecule has 1 saturated carbocycles. The maximum atomic E-state index is 11.9. The Labute approximate surface area is 224 Å². The topological polar surface area (TPSA) is 128 Å². The van der Waals surface area contributed by atoms with Crippen molar-refractivity contribution in [1.82, 2.24) is 15.3 Å². The third-order valence-electron chi connectivity index (χ3n) is 6.52. The van der Waals surface area contributed by atoms with E-state index in [-0.39, 0.29) is 29.8 Å². The summed E-state index contributed by atoms with van der Waals surface area (Å²) in [5.41, 5.74) is 7.55. The van der Waals surface area contributed by atoms with Crippen LogP contribution in [-0.2, 0) is 9.59 Å². The molecule has 11 heteroatoms. The summed E-state index contributed by atoms with van der Waals surface area (Å²) in [5, 5.41) is 7.68. The van der Waals surface area contributed by atoms with Crippen LogP contribution in [-0.4, -0.2) is 48.1 Å². The highest BCUT2D eigenvalue weighted by Crippen LogP contribution is 2.46. The van der Waals surface area contributed by atoms with E-state index in [4.69, 9.17) is 38.4 Å². The minimum absolute atomic E-state index is 0.227. The second-order valence-corrected chi connectivity index (χ2v) is 9.49. The molecule has 0 saturated heterocycles. The Bertz CT molecular complexity index is 1340. The summed E-state index contributed by atoms with van der Waals surface area (Å²) in [7, 11) is 3.04. The van der Waals surface area contributed by atoms with Gasteiger partial charge >= 0.3 is 0 Å². The van der Waals surface area contributed by atoms with Crippen molar-refractivity contribution >= 4 is 51.9 Å². The molecule has 3 aromatic rings. The SMILES string of the molecule is C=CC(=O)NC1CCC(C(N)=O)CC1Nc1ncc2cc(-c3c(Cl)c(OC)cc(OC)c3Cl)ccc2n1. The van der Waals surface area contributed by atoms with Crippen molar-refractivity contribution in [1.29, 1.82) is 0 Å². The molecule has 1 fully saturated rings. The Balaban J connectivity index is 1.64. The van der Waals surface area contributed by atoms with Gasteiger partial charge in [0.2, 0.25) is 17.8 Å². The van der Waals surface area contributed by atoms with Crippen molar-refractivity contribution in [2.75, 3.05) is 19.5 Å². The van der Waals surface area contributed by atoms with Gasteiger partial charge < -0.3 is 25.8 Å². The minimum atomic E-state index is -0.362. The molecule has 9 nitrogen and oxygen atoms in total. The Kier molecular flexibility index (Phi) is 8.04. The summed E-state index contributed by atoms with van der Waals surface area (Å²) >= 11 is 13.2. The number of methoxy groups -OCH3 is 2. The molecule has 2 amide bonds. The van der Waals surface area contributed by atoms with Gasteiger partial charge in [-0.3, -0.25) is 9.59 Å². The first-order valence-electron chi connectivity index (χ1n) is 11.6. The van der Waals surface area contributed by atoms with E-state index in [2.05, 4.69) is 27.2 Å². The third kappa shape index (κ3) is 5.57. The number of anilines is 1.